The summed E-state index contributed by atoms with van der Waals surface area (Å²) in [6.45, 7) is 2.46. The molecule has 1 saturated heterocycles. The smallest absolute Gasteiger partial charge is 0.305 e. The zero-order valence-electron chi connectivity index (χ0n) is 15.9. The van der Waals surface area contributed by atoms with E-state index < -0.39 is 5.60 Å². The molecule has 1 heterocycles. The first kappa shape index (κ1) is 23.2. The molecule has 152 valence electrons. The van der Waals surface area contributed by atoms with Crippen LogP contribution in [-0.4, -0.2) is 51.4 Å². The predicted molar refractivity (Wildman–Crippen MR) is 104 cm³/mol. The third-order valence-corrected chi connectivity index (χ3v) is 4.61. The van der Waals surface area contributed by atoms with E-state index >= 15 is 0 Å². The Kier molecular flexibility index (Phi) is 10.1. The number of nitrogens with one attached hydrogen (secondary N) is 2. The first-order chi connectivity index (χ1) is 12.6. The minimum absolute atomic E-state index is 0. The number of esters is 1. The summed E-state index contributed by atoms with van der Waals surface area (Å²) >= 11 is 0. The molecule has 1 aromatic rings. The highest BCUT2D eigenvalue weighted by Crippen LogP contribution is 2.23. The summed E-state index contributed by atoms with van der Waals surface area (Å²) in [4.78, 5) is 23.5. The molecule has 2 N–H and O–H groups in total. The number of carbonyl (C=O) groups excluding carboxylic acids is 2. The maximum atomic E-state index is 12.5. The average molecular weight is 401 g/mol. The zero-order valence-corrected chi connectivity index (χ0v) is 16.7. The SMILES string of the molecule is COC(=O)CCCOc1ccc(CNC(=O)C2(OC)CCNCC2)cc1.Cl. The third kappa shape index (κ3) is 7.01. The number of amides is 1. The van der Waals surface area contributed by atoms with Crippen LogP contribution in [0.5, 0.6) is 5.75 Å². The number of benzene rings is 1. The lowest BCUT2D eigenvalue weighted by Crippen LogP contribution is -2.53. The van der Waals surface area contributed by atoms with E-state index in [4.69, 9.17) is 9.47 Å². The lowest BCUT2D eigenvalue weighted by Gasteiger charge is -2.34. The number of rotatable bonds is 9. The van der Waals surface area contributed by atoms with Crippen molar-refractivity contribution < 1.29 is 23.8 Å². The first-order valence-electron chi connectivity index (χ1n) is 8.92. The molecule has 0 aromatic heterocycles. The van der Waals surface area contributed by atoms with Gasteiger partial charge in [0.15, 0.2) is 0 Å². The third-order valence-electron chi connectivity index (χ3n) is 4.61. The molecule has 1 fully saturated rings. The van der Waals surface area contributed by atoms with E-state index in [1.807, 2.05) is 24.3 Å². The van der Waals surface area contributed by atoms with Crippen LogP contribution in [0.3, 0.4) is 0 Å². The van der Waals surface area contributed by atoms with Gasteiger partial charge in [-0.15, -0.1) is 12.4 Å². The normalized spacial score (nSPS) is 15.3. The Morgan fingerprint density at radius 1 is 1.15 bits per heavy atom. The fraction of sp³-hybridized carbons (Fsp3) is 0.579. The standard InChI is InChI=1S/C19H28N2O5.ClH/c1-24-17(22)4-3-13-26-16-7-5-15(6-8-16)14-21-18(23)19(25-2)9-11-20-12-10-19;/h5-8,20H,3-4,9-14H2,1-2H3,(H,21,23);1H. The van der Waals surface area contributed by atoms with E-state index in [-0.39, 0.29) is 24.3 Å². The Labute approximate surface area is 166 Å². The minimum Gasteiger partial charge on any atom is -0.494 e. The van der Waals surface area contributed by atoms with Crippen molar-refractivity contribution in [1.82, 2.24) is 10.6 Å². The minimum atomic E-state index is -0.728. The first-order valence-corrected chi connectivity index (χ1v) is 8.92. The molecule has 2 rings (SSSR count). The molecule has 0 atom stereocenters. The molecule has 1 aliphatic rings. The van der Waals surface area contributed by atoms with Crippen LogP contribution in [-0.2, 0) is 25.6 Å². The van der Waals surface area contributed by atoms with Gasteiger partial charge in [0, 0.05) is 20.1 Å². The Morgan fingerprint density at radius 3 is 2.41 bits per heavy atom. The van der Waals surface area contributed by atoms with Gasteiger partial charge in [-0.1, -0.05) is 12.1 Å². The van der Waals surface area contributed by atoms with Gasteiger partial charge in [-0.3, -0.25) is 9.59 Å². The molecule has 0 spiro atoms. The van der Waals surface area contributed by atoms with Crippen LogP contribution >= 0.6 is 12.4 Å². The number of carbonyl (C=O) groups is 2. The van der Waals surface area contributed by atoms with Crippen molar-refractivity contribution in [2.75, 3.05) is 33.9 Å². The molecule has 0 radical (unpaired) electrons. The highest BCUT2D eigenvalue weighted by molar-refractivity contribution is 5.85. The zero-order chi connectivity index (χ0) is 18.8. The van der Waals surface area contributed by atoms with Crippen LogP contribution in [0.2, 0.25) is 0 Å². The predicted octanol–water partition coefficient (Wildman–Crippen LogP) is 1.83. The molecule has 1 aromatic carbocycles. The molecular weight excluding hydrogens is 372 g/mol. The summed E-state index contributed by atoms with van der Waals surface area (Å²) in [5, 5.41) is 6.21. The largest absolute Gasteiger partial charge is 0.494 e. The average Bonchev–Trinajstić information content (AvgIpc) is 2.70. The molecule has 0 unspecified atom stereocenters. The second-order valence-corrected chi connectivity index (χ2v) is 6.30. The van der Waals surface area contributed by atoms with E-state index in [0.717, 1.165) is 24.4 Å². The van der Waals surface area contributed by atoms with Crippen LogP contribution in [0.25, 0.3) is 0 Å². The molecule has 8 heteroatoms. The quantitative estimate of drug-likeness (QED) is 0.486. The summed E-state index contributed by atoms with van der Waals surface area (Å²) in [6, 6.07) is 7.54. The van der Waals surface area contributed by atoms with Crippen LogP contribution < -0.4 is 15.4 Å². The van der Waals surface area contributed by atoms with Gasteiger partial charge in [-0.25, -0.2) is 0 Å². The number of halogens is 1. The second-order valence-electron chi connectivity index (χ2n) is 6.30. The number of hydrogen-bond acceptors (Lipinski definition) is 6. The van der Waals surface area contributed by atoms with Crippen LogP contribution in [0.1, 0.15) is 31.2 Å². The maximum Gasteiger partial charge on any atom is 0.305 e. The van der Waals surface area contributed by atoms with Gasteiger partial charge >= 0.3 is 5.97 Å². The second kappa shape index (κ2) is 11.8. The maximum absolute atomic E-state index is 12.5. The van der Waals surface area contributed by atoms with Gasteiger partial charge in [-0.05, 0) is 50.0 Å². The van der Waals surface area contributed by atoms with Gasteiger partial charge < -0.3 is 24.8 Å². The van der Waals surface area contributed by atoms with Crippen molar-refractivity contribution in [3.8, 4) is 5.75 Å². The molecule has 0 aliphatic carbocycles. The molecular formula is C19H29ClN2O5. The van der Waals surface area contributed by atoms with E-state index in [1.165, 1.54) is 7.11 Å². The Balaban J connectivity index is 0.00000364. The van der Waals surface area contributed by atoms with Crippen LogP contribution in [0, 0.1) is 0 Å². The van der Waals surface area contributed by atoms with E-state index in [2.05, 4.69) is 15.4 Å². The summed E-state index contributed by atoms with van der Waals surface area (Å²) < 4.78 is 15.7. The van der Waals surface area contributed by atoms with E-state index in [1.54, 1.807) is 7.11 Å². The van der Waals surface area contributed by atoms with Gasteiger partial charge in [0.2, 0.25) is 0 Å². The molecule has 27 heavy (non-hydrogen) atoms. The number of piperidine rings is 1. The topological polar surface area (TPSA) is 85.9 Å². The fourth-order valence-corrected chi connectivity index (χ4v) is 2.91. The Hall–Kier alpha value is -1.83. The Bertz CT molecular complexity index is 588. The van der Waals surface area contributed by atoms with Crippen LogP contribution in [0.15, 0.2) is 24.3 Å². The summed E-state index contributed by atoms with van der Waals surface area (Å²) in [5.74, 6) is 0.434. The Morgan fingerprint density at radius 2 is 1.81 bits per heavy atom. The van der Waals surface area contributed by atoms with E-state index in [0.29, 0.717) is 38.8 Å². The lowest BCUT2D eigenvalue weighted by molar-refractivity contribution is -0.146. The van der Waals surface area contributed by atoms with Crippen molar-refractivity contribution in [2.45, 2.75) is 37.8 Å². The molecule has 0 bridgehead atoms. The molecule has 7 nitrogen and oxygen atoms in total. The monoisotopic (exact) mass is 400 g/mol. The van der Waals surface area contributed by atoms with E-state index in [9.17, 15) is 9.59 Å². The van der Waals surface area contributed by atoms with Gasteiger partial charge in [0.25, 0.3) is 5.91 Å². The molecule has 0 saturated carbocycles. The van der Waals surface area contributed by atoms with Gasteiger partial charge in [0.1, 0.15) is 11.4 Å². The highest BCUT2D eigenvalue weighted by Gasteiger charge is 2.39. The van der Waals surface area contributed by atoms with Gasteiger partial charge in [-0.2, -0.15) is 0 Å². The van der Waals surface area contributed by atoms with Crippen molar-refractivity contribution in [3.63, 3.8) is 0 Å². The summed E-state index contributed by atoms with van der Waals surface area (Å²) in [5.41, 5.74) is 0.258. The summed E-state index contributed by atoms with van der Waals surface area (Å²) in [6.07, 6.45) is 2.30. The fourth-order valence-electron chi connectivity index (χ4n) is 2.91. The van der Waals surface area contributed by atoms with Crippen LogP contribution in [0.4, 0.5) is 0 Å². The highest BCUT2D eigenvalue weighted by atomic mass is 35.5. The molecule has 1 aliphatic heterocycles. The number of hydrogen-bond donors (Lipinski definition) is 2. The number of methoxy groups -OCH3 is 2. The lowest BCUT2D eigenvalue weighted by atomic mass is 9.91. The van der Waals surface area contributed by atoms with Crippen molar-refractivity contribution in [2.24, 2.45) is 0 Å². The molecule has 1 amide bonds. The van der Waals surface area contributed by atoms with Crippen molar-refractivity contribution in [3.05, 3.63) is 29.8 Å². The van der Waals surface area contributed by atoms with Crippen molar-refractivity contribution in [1.29, 1.82) is 0 Å². The summed E-state index contributed by atoms with van der Waals surface area (Å²) in [7, 11) is 2.97. The van der Waals surface area contributed by atoms with Crippen molar-refractivity contribution >= 4 is 24.3 Å². The number of ether oxygens (including phenoxy) is 3. The van der Waals surface area contributed by atoms with Gasteiger partial charge in [0.05, 0.1) is 13.7 Å².